The van der Waals surface area contributed by atoms with Crippen LogP contribution >= 0.6 is 15.9 Å². The van der Waals surface area contributed by atoms with Gasteiger partial charge in [-0.1, -0.05) is 113 Å². The molecule has 0 bridgehead atoms. The monoisotopic (exact) mass is 486 g/mol. The second-order valence-corrected chi connectivity index (χ2v) is 9.58. The van der Waals surface area contributed by atoms with Crippen molar-refractivity contribution in [3.05, 3.63) is 141 Å². The first-order valence-corrected chi connectivity index (χ1v) is 11.9. The first-order valence-electron chi connectivity index (χ1n) is 11.1. The molecule has 0 N–H and O–H groups in total. The molecule has 1 atom stereocenters. The zero-order valence-corrected chi connectivity index (χ0v) is 19.3. The fraction of sp³-hybridized carbons (Fsp3) is 0.0323. The summed E-state index contributed by atoms with van der Waals surface area (Å²) in [5.74, 6) is 1.85. The Hall–Kier alpha value is -3.62. The van der Waals surface area contributed by atoms with E-state index in [1.807, 2.05) is 0 Å². The molecule has 2 aliphatic rings. The number of benzene rings is 5. The highest BCUT2D eigenvalue weighted by molar-refractivity contribution is 9.10. The van der Waals surface area contributed by atoms with Crippen LogP contribution in [0.4, 0.5) is 0 Å². The number of fused-ring (bicyclic) bond motifs is 10. The molecule has 1 aliphatic heterocycles. The molecule has 1 unspecified atom stereocenters. The minimum Gasteiger partial charge on any atom is -0.456 e. The third-order valence-corrected chi connectivity index (χ3v) is 7.51. The van der Waals surface area contributed by atoms with Gasteiger partial charge in [-0.15, -0.1) is 0 Å². The van der Waals surface area contributed by atoms with E-state index in [9.17, 15) is 0 Å². The topological polar surface area (TPSA) is 9.23 Å². The highest BCUT2D eigenvalue weighted by atomic mass is 79.9. The van der Waals surface area contributed by atoms with Crippen LogP contribution in [0.15, 0.2) is 108 Å². The molecule has 5 aromatic carbocycles. The quantitative estimate of drug-likeness (QED) is 0.208. The standard InChI is InChI=1S/C31H19BrO/c32-23-17-15-22-14-13-21-8-2-4-10-25(21)31(28(22)19-23)26-11-5-6-12-29(26)33-30-24-9-3-1-7-20(24)16-18-27(30)31/h1-19H. The average Bonchev–Trinajstić information content (AvgIpc) is 3.00. The molecular weight excluding hydrogens is 468 g/mol. The van der Waals surface area contributed by atoms with E-state index >= 15 is 0 Å². The van der Waals surface area contributed by atoms with Crippen molar-refractivity contribution < 1.29 is 4.74 Å². The summed E-state index contributed by atoms with van der Waals surface area (Å²) >= 11 is 3.77. The van der Waals surface area contributed by atoms with Crippen molar-refractivity contribution in [2.45, 2.75) is 5.41 Å². The van der Waals surface area contributed by atoms with Crippen LogP contribution in [0.1, 0.15) is 33.4 Å². The van der Waals surface area contributed by atoms with E-state index in [1.165, 1.54) is 38.8 Å². The van der Waals surface area contributed by atoms with Crippen molar-refractivity contribution in [2.24, 2.45) is 0 Å². The van der Waals surface area contributed by atoms with Crippen LogP contribution in [0, 0.1) is 0 Å². The molecule has 1 heterocycles. The fourth-order valence-electron chi connectivity index (χ4n) is 5.66. The second kappa shape index (κ2) is 6.94. The second-order valence-electron chi connectivity index (χ2n) is 8.66. The molecule has 33 heavy (non-hydrogen) atoms. The molecule has 0 saturated carbocycles. The maximum Gasteiger partial charge on any atom is 0.140 e. The van der Waals surface area contributed by atoms with Gasteiger partial charge in [0.1, 0.15) is 11.5 Å². The highest BCUT2D eigenvalue weighted by Crippen LogP contribution is 2.59. The summed E-state index contributed by atoms with van der Waals surface area (Å²) in [5.41, 5.74) is 6.80. The van der Waals surface area contributed by atoms with E-state index < -0.39 is 5.41 Å². The van der Waals surface area contributed by atoms with Crippen LogP contribution in [0.25, 0.3) is 22.9 Å². The maximum absolute atomic E-state index is 6.69. The normalized spacial score (nSPS) is 17.5. The van der Waals surface area contributed by atoms with Gasteiger partial charge in [-0.05, 0) is 45.8 Å². The van der Waals surface area contributed by atoms with Gasteiger partial charge < -0.3 is 4.74 Å². The average molecular weight is 487 g/mol. The zero-order chi connectivity index (χ0) is 22.0. The Bertz CT molecular complexity index is 1610. The molecule has 1 nitrogen and oxygen atoms in total. The van der Waals surface area contributed by atoms with E-state index in [0.29, 0.717) is 0 Å². The number of ether oxygens (including phenoxy) is 1. The highest BCUT2D eigenvalue weighted by Gasteiger charge is 2.48. The summed E-state index contributed by atoms with van der Waals surface area (Å²) < 4.78 is 7.76. The Morgan fingerprint density at radius 3 is 2.21 bits per heavy atom. The van der Waals surface area contributed by atoms with Gasteiger partial charge in [0.05, 0.1) is 5.41 Å². The molecule has 0 radical (unpaired) electrons. The fourth-order valence-corrected chi connectivity index (χ4v) is 6.02. The summed E-state index contributed by atoms with van der Waals surface area (Å²) in [6.07, 6.45) is 4.49. The van der Waals surface area contributed by atoms with E-state index in [1.54, 1.807) is 0 Å². The van der Waals surface area contributed by atoms with Crippen LogP contribution in [0.5, 0.6) is 11.5 Å². The lowest BCUT2D eigenvalue weighted by atomic mass is 9.62. The SMILES string of the molecule is Brc1ccc2c(c1)C1(c3ccccc3C=C2)c2ccccc2Oc2c1ccc1ccccc21. The Kier molecular flexibility index (Phi) is 3.97. The summed E-state index contributed by atoms with van der Waals surface area (Å²) in [5, 5.41) is 2.32. The first kappa shape index (κ1) is 18.9. The van der Waals surface area contributed by atoms with Crippen molar-refractivity contribution in [1.29, 1.82) is 0 Å². The van der Waals surface area contributed by atoms with E-state index in [-0.39, 0.29) is 0 Å². The Morgan fingerprint density at radius 2 is 1.30 bits per heavy atom. The first-order chi connectivity index (χ1) is 16.3. The number of rotatable bonds is 0. The third kappa shape index (κ3) is 2.53. The van der Waals surface area contributed by atoms with Crippen LogP contribution < -0.4 is 4.74 Å². The lowest BCUT2D eigenvalue weighted by molar-refractivity contribution is 0.439. The number of halogens is 1. The molecule has 1 aliphatic carbocycles. The van der Waals surface area contributed by atoms with Crippen molar-refractivity contribution in [3.63, 3.8) is 0 Å². The Labute approximate surface area is 201 Å². The van der Waals surface area contributed by atoms with Gasteiger partial charge in [-0.25, -0.2) is 0 Å². The van der Waals surface area contributed by atoms with Crippen LogP contribution in [-0.4, -0.2) is 0 Å². The summed E-state index contributed by atoms with van der Waals surface area (Å²) in [7, 11) is 0. The van der Waals surface area contributed by atoms with Gasteiger partial charge in [0.2, 0.25) is 0 Å². The van der Waals surface area contributed by atoms with Crippen LogP contribution in [-0.2, 0) is 5.41 Å². The number of hydrogen-bond donors (Lipinski definition) is 0. The van der Waals surface area contributed by atoms with Gasteiger partial charge in [0.25, 0.3) is 0 Å². The Morgan fingerprint density at radius 1 is 0.576 bits per heavy atom. The largest absolute Gasteiger partial charge is 0.456 e. The van der Waals surface area contributed by atoms with Crippen molar-refractivity contribution in [3.8, 4) is 11.5 Å². The minimum atomic E-state index is -0.507. The molecule has 5 aromatic rings. The molecule has 0 amide bonds. The Balaban J connectivity index is 1.75. The lowest BCUT2D eigenvalue weighted by Crippen LogP contribution is -2.35. The summed E-state index contributed by atoms with van der Waals surface area (Å²) in [6.45, 7) is 0. The summed E-state index contributed by atoms with van der Waals surface area (Å²) in [4.78, 5) is 0. The van der Waals surface area contributed by atoms with Gasteiger partial charge in [0.15, 0.2) is 0 Å². The van der Waals surface area contributed by atoms with Gasteiger partial charge in [0, 0.05) is 21.0 Å². The van der Waals surface area contributed by atoms with Gasteiger partial charge in [-0.2, -0.15) is 0 Å². The molecule has 156 valence electrons. The third-order valence-electron chi connectivity index (χ3n) is 7.01. The molecule has 0 aromatic heterocycles. The van der Waals surface area contributed by atoms with Gasteiger partial charge in [-0.3, -0.25) is 0 Å². The number of para-hydroxylation sites is 1. The molecular formula is C31H19BrO. The predicted octanol–water partition coefficient (Wildman–Crippen LogP) is 8.57. The smallest absolute Gasteiger partial charge is 0.140 e. The molecule has 0 fully saturated rings. The zero-order valence-electron chi connectivity index (χ0n) is 17.8. The van der Waals surface area contributed by atoms with Crippen molar-refractivity contribution >= 4 is 38.9 Å². The van der Waals surface area contributed by atoms with E-state index in [2.05, 4.69) is 131 Å². The number of hydrogen-bond acceptors (Lipinski definition) is 1. The molecule has 1 spiro atoms. The van der Waals surface area contributed by atoms with Crippen molar-refractivity contribution in [1.82, 2.24) is 0 Å². The minimum absolute atomic E-state index is 0.507. The van der Waals surface area contributed by atoms with E-state index in [0.717, 1.165) is 21.4 Å². The molecule has 0 saturated heterocycles. The van der Waals surface area contributed by atoms with Crippen molar-refractivity contribution in [2.75, 3.05) is 0 Å². The lowest BCUT2D eigenvalue weighted by Gasteiger charge is -2.42. The molecule has 7 rings (SSSR count). The van der Waals surface area contributed by atoms with E-state index in [4.69, 9.17) is 4.74 Å². The predicted molar refractivity (Wildman–Crippen MR) is 139 cm³/mol. The van der Waals surface area contributed by atoms with Crippen LogP contribution in [0.3, 0.4) is 0 Å². The van der Waals surface area contributed by atoms with Crippen LogP contribution in [0.2, 0.25) is 0 Å². The molecule has 2 heteroatoms. The maximum atomic E-state index is 6.69. The van der Waals surface area contributed by atoms with Gasteiger partial charge >= 0.3 is 0 Å². The summed E-state index contributed by atoms with van der Waals surface area (Å²) in [6, 6.07) is 36.9.